The largest absolute Gasteiger partial charge is 0.451 e. The lowest BCUT2D eigenvalue weighted by molar-refractivity contribution is -0.384. The van der Waals surface area contributed by atoms with Crippen molar-refractivity contribution in [2.24, 2.45) is 0 Å². The van der Waals surface area contributed by atoms with Gasteiger partial charge < -0.3 is 20.5 Å². The van der Waals surface area contributed by atoms with Gasteiger partial charge in [-0.2, -0.15) is 0 Å². The molecular weight excluding hydrogens is 394 g/mol. The molecule has 10 nitrogen and oxygen atoms in total. The second kappa shape index (κ2) is 10.1. The molecule has 30 heavy (non-hydrogen) atoms. The number of aliphatic hydroxyl groups excluding tert-OH is 1. The van der Waals surface area contributed by atoms with Crippen LogP contribution in [0.3, 0.4) is 0 Å². The first kappa shape index (κ1) is 22.5. The van der Waals surface area contributed by atoms with Gasteiger partial charge in [-0.25, -0.2) is 4.79 Å². The van der Waals surface area contributed by atoms with Gasteiger partial charge in [0.25, 0.3) is 5.69 Å². The maximum Gasteiger partial charge on any atom is 0.341 e. The van der Waals surface area contributed by atoms with Gasteiger partial charge in [-0.1, -0.05) is 0 Å². The van der Waals surface area contributed by atoms with Gasteiger partial charge in [0.2, 0.25) is 11.7 Å². The number of nitrogens with one attached hydrogen (secondary N) is 2. The minimum absolute atomic E-state index is 0.118. The number of anilines is 2. The van der Waals surface area contributed by atoms with Crippen molar-refractivity contribution in [3.05, 3.63) is 63.7 Å². The van der Waals surface area contributed by atoms with E-state index < -0.39 is 22.8 Å². The molecule has 0 radical (unpaired) electrons. The van der Waals surface area contributed by atoms with Crippen molar-refractivity contribution in [2.45, 2.75) is 20.0 Å². The van der Waals surface area contributed by atoms with Crippen LogP contribution in [0.4, 0.5) is 17.1 Å². The molecule has 1 atom stereocenters. The first-order valence-electron chi connectivity index (χ1n) is 8.99. The Morgan fingerprint density at radius 1 is 1.17 bits per heavy atom. The van der Waals surface area contributed by atoms with Gasteiger partial charge in [0.05, 0.1) is 17.1 Å². The number of esters is 1. The standard InChI is InChI=1S/C20H21N3O7/c1-12(19(26)14-3-5-15(6-4-14)22-13(2)25)30-20(27)17-11-16(23(28)29)7-8-18(17)21-9-10-24/h3-8,11-12,21,24H,9-10H2,1-2H3,(H,22,25). The zero-order valence-electron chi connectivity index (χ0n) is 16.4. The molecule has 2 aromatic rings. The normalized spacial score (nSPS) is 11.3. The van der Waals surface area contributed by atoms with Gasteiger partial charge in [0.15, 0.2) is 6.10 Å². The number of benzene rings is 2. The summed E-state index contributed by atoms with van der Waals surface area (Å²) in [6.45, 7) is 2.65. The third-order valence-electron chi connectivity index (χ3n) is 4.00. The Kier molecular flexibility index (Phi) is 7.59. The molecule has 0 spiro atoms. The van der Waals surface area contributed by atoms with Gasteiger partial charge >= 0.3 is 5.97 Å². The van der Waals surface area contributed by atoms with Crippen LogP contribution in [0.2, 0.25) is 0 Å². The summed E-state index contributed by atoms with van der Waals surface area (Å²) in [6.07, 6.45) is -1.16. The first-order valence-corrected chi connectivity index (χ1v) is 8.99. The summed E-state index contributed by atoms with van der Waals surface area (Å²) in [6, 6.07) is 9.64. The predicted molar refractivity (Wildman–Crippen MR) is 109 cm³/mol. The quantitative estimate of drug-likeness (QED) is 0.245. The number of hydrogen-bond donors (Lipinski definition) is 3. The third-order valence-corrected chi connectivity index (χ3v) is 4.00. The van der Waals surface area contributed by atoms with E-state index in [0.717, 1.165) is 6.07 Å². The van der Waals surface area contributed by atoms with E-state index in [0.29, 0.717) is 5.69 Å². The fraction of sp³-hybridized carbons (Fsp3) is 0.250. The van der Waals surface area contributed by atoms with Gasteiger partial charge in [-0.15, -0.1) is 0 Å². The second-order valence-electron chi connectivity index (χ2n) is 6.31. The molecule has 2 rings (SSSR count). The van der Waals surface area contributed by atoms with E-state index in [-0.39, 0.29) is 41.6 Å². The molecule has 0 aromatic heterocycles. The summed E-state index contributed by atoms with van der Waals surface area (Å²) in [4.78, 5) is 46.6. The number of rotatable bonds is 9. The lowest BCUT2D eigenvalue weighted by atomic mass is 10.1. The molecular formula is C20H21N3O7. The lowest BCUT2D eigenvalue weighted by Crippen LogP contribution is -2.25. The van der Waals surface area contributed by atoms with E-state index in [9.17, 15) is 24.5 Å². The number of nitro groups is 1. The number of hydrogen-bond acceptors (Lipinski definition) is 8. The molecule has 0 aliphatic carbocycles. The first-order chi connectivity index (χ1) is 14.2. The van der Waals surface area contributed by atoms with Crippen LogP contribution >= 0.6 is 0 Å². The van der Waals surface area contributed by atoms with Gasteiger partial charge in [-0.3, -0.25) is 19.7 Å². The van der Waals surface area contributed by atoms with Crippen molar-refractivity contribution in [1.29, 1.82) is 0 Å². The van der Waals surface area contributed by atoms with Crippen molar-refractivity contribution >= 4 is 34.7 Å². The predicted octanol–water partition coefficient (Wildman–Crippen LogP) is 2.39. The smallest absolute Gasteiger partial charge is 0.341 e. The molecule has 1 amide bonds. The molecule has 0 heterocycles. The summed E-state index contributed by atoms with van der Waals surface area (Å²) in [7, 11) is 0. The summed E-state index contributed by atoms with van der Waals surface area (Å²) in [5.41, 5.74) is 0.572. The van der Waals surface area contributed by atoms with Crippen LogP contribution in [0.15, 0.2) is 42.5 Å². The van der Waals surface area contributed by atoms with E-state index in [1.807, 2.05) is 0 Å². The van der Waals surface area contributed by atoms with Crippen LogP contribution in [0.1, 0.15) is 34.6 Å². The van der Waals surface area contributed by atoms with Crippen LogP contribution in [0.25, 0.3) is 0 Å². The summed E-state index contributed by atoms with van der Waals surface area (Å²) in [5.74, 6) is -1.65. The maximum atomic E-state index is 12.6. The molecule has 0 saturated carbocycles. The molecule has 0 aliphatic rings. The van der Waals surface area contributed by atoms with E-state index in [1.54, 1.807) is 12.1 Å². The average molecular weight is 415 g/mol. The van der Waals surface area contributed by atoms with Crippen molar-refractivity contribution in [2.75, 3.05) is 23.8 Å². The van der Waals surface area contributed by atoms with E-state index in [2.05, 4.69) is 10.6 Å². The molecule has 0 saturated heterocycles. The molecule has 158 valence electrons. The highest BCUT2D eigenvalue weighted by molar-refractivity contribution is 6.03. The Hall–Kier alpha value is -3.79. The van der Waals surface area contributed by atoms with E-state index in [4.69, 9.17) is 9.84 Å². The minimum Gasteiger partial charge on any atom is -0.451 e. The van der Waals surface area contributed by atoms with Crippen molar-refractivity contribution in [3.8, 4) is 0 Å². The summed E-state index contributed by atoms with van der Waals surface area (Å²) in [5, 5.41) is 25.3. The number of nitrogens with zero attached hydrogens (tertiary/aromatic N) is 1. The molecule has 2 aromatic carbocycles. The number of carbonyl (C=O) groups excluding carboxylic acids is 3. The number of nitro benzene ring substituents is 1. The Labute approximate surface area is 172 Å². The number of Topliss-reactive ketones (excluding diaryl/α,β-unsaturated/α-hetero) is 1. The van der Waals surface area contributed by atoms with Crippen LogP contribution in [-0.2, 0) is 9.53 Å². The SMILES string of the molecule is CC(=O)Nc1ccc(C(=O)C(C)OC(=O)c2cc([N+](=O)[O-])ccc2NCCO)cc1. The summed E-state index contributed by atoms with van der Waals surface area (Å²) < 4.78 is 5.22. The lowest BCUT2D eigenvalue weighted by Gasteiger charge is -2.15. The third kappa shape index (κ3) is 5.85. The molecule has 10 heteroatoms. The maximum absolute atomic E-state index is 12.6. The average Bonchev–Trinajstić information content (AvgIpc) is 2.71. The molecule has 1 unspecified atom stereocenters. The fourth-order valence-electron chi connectivity index (χ4n) is 2.59. The number of carbonyl (C=O) groups is 3. The van der Waals surface area contributed by atoms with Gasteiger partial charge in [-0.05, 0) is 37.3 Å². The zero-order chi connectivity index (χ0) is 22.3. The Morgan fingerprint density at radius 3 is 2.40 bits per heavy atom. The highest BCUT2D eigenvalue weighted by Gasteiger charge is 2.24. The van der Waals surface area contributed by atoms with Crippen LogP contribution in [0.5, 0.6) is 0 Å². The fourth-order valence-corrected chi connectivity index (χ4v) is 2.59. The second-order valence-corrected chi connectivity index (χ2v) is 6.31. The highest BCUT2D eigenvalue weighted by atomic mass is 16.6. The van der Waals surface area contributed by atoms with Crippen molar-refractivity contribution in [3.63, 3.8) is 0 Å². The molecule has 0 aliphatic heterocycles. The number of ketones is 1. The Morgan fingerprint density at radius 2 is 1.83 bits per heavy atom. The zero-order valence-corrected chi connectivity index (χ0v) is 16.4. The number of aliphatic hydroxyl groups is 1. The molecule has 3 N–H and O–H groups in total. The number of ether oxygens (including phenoxy) is 1. The van der Waals surface area contributed by atoms with Gasteiger partial charge in [0, 0.05) is 42.5 Å². The summed E-state index contributed by atoms with van der Waals surface area (Å²) >= 11 is 0. The number of non-ortho nitro benzene ring substituents is 1. The van der Waals surface area contributed by atoms with E-state index in [1.165, 1.54) is 38.1 Å². The van der Waals surface area contributed by atoms with Gasteiger partial charge in [0.1, 0.15) is 0 Å². The van der Waals surface area contributed by atoms with Crippen molar-refractivity contribution < 1.29 is 29.2 Å². The van der Waals surface area contributed by atoms with Crippen LogP contribution in [-0.4, -0.2) is 46.9 Å². The molecule has 0 fully saturated rings. The minimum atomic E-state index is -1.16. The topological polar surface area (TPSA) is 148 Å². The highest BCUT2D eigenvalue weighted by Crippen LogP contribution is 2.24. The molecule has 0 bridgehead atoms. The van der Waals surface area contributed by atoms with Crippen LogP contribution < -0.4 is 10.6 Å². The van der Waals surface area contributed by atoms with Crippen molar-refractivity contribution in [1.82, 2.24) is 0 Å². The monoisotopic (exact) mass is 415 g/mol. The van der Waals surface area contributed by atoms with E-state index >= 15 is 0 Å². The Bertz CT molecular complexity index is 957. The Balaban J connectivity index is 2.17. The number of amides is 1. The van der Waals surface area contributed by atoms with Crippen LogP contribution in [0, 0.1) is 10.1 Å².